The van der Waals surface area contributed by atoms with Crippen molar-refractivity contribution >= 4 is 38.2 Å². The Morgan fingerprint density at radius 2 is 1.89 bits per heavy atom. The SMILES string of the molecule is CCOc1ccc(S(=O)(=O)Nc2c(Cl)cccc2C(F)(F)F)c2cccnc12. The van der Waals surface area contributed by atoms with E-state index in [1.807, 2.05) is 4.72 Å². The van der Waals surface area contributed by atoms with E-state index in [0.29, 0.717) is 12.4 Å². The molecule has 148 valence electrons. The van der Waals surface area contributed by atoms with E-state index in [4.69, 9.17) is 16.3 Å². The fraction of sp³-hybridized carbons (Fsp3) is 0.167. The third-order valence-corrected chi connectivity index (χ3v) is 5.56. The fourth-order valence-electron chi connectivity index (χ4n) is 2.68. The molecule has 0 amide bonds. The monoisotopic (exact) mass is 430 g/mol. The van der Waals surface area contributed by atoms with Gasteiger partial charge in [-0.15, -0.1) is 0 Å². The van der Waals surface area contributed by atoms with E-state index in [-0.39, 0.29) is 20.8 Å². The lowest BCUT2D eigenvalue weighted by atomic mass is 10.2. The molecule has 0 bridgehead atoms. The number of benzene rings is 2. The number of anilines is 1. The van der Waals surface area contributed by atoms with E-state index in [0.717, 1.165) is 12.1 Å². The summed E-state index contributed by atoms with van der Waals surface area (Å²) >= 11 is 5.85. The molecule has 0 saturated heterocycles. The highest BCUT2D eigenvalue weighted by Crippen LogP contribution is 2.40. The number of pyridine rings is 1. The van der Waals surface area contributed by atoms with Crippen LogP contribution in [0.3, 0.4) is 0 Å². The van der Waals surface area contributed by atoms with Crippen LogP contribution in [0.5, 0.6) is 5.75 Å². The minimum Gasteiger partial charge on any atom is -0.492 e. The van der Waals surface area contributed by atoms with Gasteiger partial charge in [-0.25, -0.2) is 8.42 Å². The van der Waals surface area contributed by atoms with Crippen molar-refractivity contribution in [1.29, 1.82) is 0 Å². The maximum absolute atomic E-state index is 13.3. The Labute approximate surface area is 164 Å². The van der Waals surface area contributed by atoms with Gasteiger partial charge in [0.15, 0.2) is 0 Å². The van der Waals surface area contributed by atoms with Crippen LogP contribution in [0.4, 0.5) is 18.9 Å². The highest BCUT2D eigenvalue weighted by atomic mass is 35.5. The van der Waals surface area contributed by atoms with Crippen LogP contribution in [-0.4, -0.2) is 20.0 Å². The Bertz CT molecular complexity index is 1130. The smallest absolute Gasteiger partial charge is 0.418 e. The highest BCUT2D eigenvalue weighted by molar-refractivity contribution is 7.93. The van der Waals surface area contributed by atoms with Crippen molar-refractivity contribution < 1.29 is 26.3 Å². The zero-order valence-corrected chi connectivity index (χ0v) is 16.0. The third kappa shape index (κ3) is 3.85. The summed E-state index contributed by atoms with van der Waals surface area (Å²) < 4.78 is 73.1. The Morgan fingerprint density at radius 3 is 2.57 bits per heavy atom. The molecule has 5 nitrogen and oxygen atoms in total. The van der Waals surface area contributed by atoms with Gasteiger partial charge >= 0.3 is 6.18 Å². The van der Waals surface area contributed by atoms with Gasteiger partial charge in [-0.3, -0.25) is 9.71 Å². The molecule has 2 aromatic carbocycles. The van der Waals surface area contributed by atoms with Crippen LogP contribution >= 0.6 is 11.6 Å². The van der Waals surface area contributed by atoms with Crippen molar-refractivity contribution in [3.8, 4) is 5.75 Å². The van der Waals surface area contributed by atoms with E-state index >= 15 is 0 Å². The van der Waals surface area contributed by atoms with Gasteiger partial charge in [-0.2, -0.15) is 13.2 Å². The number of nitrogens with one attached hydrogen (secondary N) is 1. The largest absolute Gasteiger partial charge is 0.492 e. The summed E-state index contributed by atoms with van der Waals surface area (Å²) in [6, 6.07) is 8.70. The number of rotatable bonds is 5. The Balaban J connectivity index is 2.15. The molecular weight excluding hydrogens is 417 g/mol. The predicted octanol–water partition coefficient (Wildman–Crippen LogP) is 5.11. The molecule has 0 unspecified atom stereocenters. The van der Waals surface area contributed by atoms with Crippen LogP contribution in [-0.2, 0) is 16.2 Å². The van der Waals surface area contributed by atoms with Gasteiger partial charge in [0, 0.05) is 11.6 Å². The molecule has 1 heterocycles. The molecule has 0 aliphatic heterocycles. The summed E-state index contributed by atoms with van der Waals surface area (Å²) in [5, 5.41) is -0.159. The maximum atomic E-state index is 13.3. The van der Waals surface area contributed by atoms with Crippen LogP contribution in [0.25, 0.3) is 10.9 Å². The number of para-hydroxylation sites is 1. The molecular formula is C18H14ClF3N2O3S. The zero-order valence-electron chi connectivity index (χ0n) is 14.4. The summed E-state index contributed by atoms with van der Waals surface area (Å²) in [5.74, 6) is 0.366. The molecule has 0 fully saturated rings. The molecule has 0 radical (unpaired) electrons. The van der Waals surface area contributed by atoms with Gasteiger partial charge in [0.1, 0.15) is 11.3 Å². The number of halogens is 4. The van der Waals surface area contributed by atoms with Crippen LogP contribution in [0.15, 0.2) is 53.6 Å². The molecule has 3 rings (SSSR count). The predicted molar refractivity (Wildman–Crippen MR) is 100 cm³/mol. The van der Waals surface area contributed by atoms with Crippen molar-refractivity contribution in [3.05, 3.63) is 59.2 Å². The van der Waals surface area contributed by atoms with Crippen molar-refractivity contribution in [2.75, 3.05) is 11.3 Å². The molecule has 0 aliphatic rings. The van der Waals surface area contributed by atoms with Crippen molar-refractivity contribution in [2.45, 2.75) is 18.0 Å². The van der Waals surface area contributed by atoms with Crippen LogP contribution in [0, 0.1) is 0 Å². The number of nitrogens with zero attached hydrogens (tertiary/aromatic N) is 1. The van der Waals surface area contributed by atoms with Gasteiger partial charge in [0.05, 0.1) is 27.8 Å². The molecule has 0 saturated carbocycles. The topological polar surface area (TPSA) is 68.3 Å². The minimum absolute atomic E-state index is 0.210. The molecule has 10 heteroatoms. The Morgan fingerprint density at radius 1 is 1.14 bits per heavy atom. The summed E-state index contributed by atoms with van der Waals surface area (Å²) in [6.45, 7) is 2.10. The molecule has 3 aromatic rings. The average Bonchev–Trinajstić information content (AvgIpc) is 2.62. The number of aromatic nitrogens is 1. The highest BCUT2D eigenvalue weighted by Gasteiger charge is 2.36. The Hall–Kier alpha value is -2.52. The Kier molecular flexibility index (Phi) is 5.40. The number of ether oxygens (including phenoxy) is 1. The number of hydrogen-bond donors (Lipinski definition) is 1. The summed E-state index contributed by atoms with van der Waals surface area (Å²) in [7, 11) is -4.41. The van der Waals surface area contributed by atoms with Crippen LogP contribution in [0.1, 0.15) is 12.5 Å². The van der Waals surface area contributed by atoms with Gasteiger partial charge < -0.3 is 4.74 Å². The molecule has 1 aromatic heterocycles. The fourth-order valence-corrected chi connectivity index (χ4v) is 4.26. The number of alkyl halides is 3. The second-order valence-corrected chi connectivity index (χ2v) is 7.72. The average molecular weight is 431 g/mol. The first-order chi connectivity index (χ1) is 13.1. The minimum atomic E-state index is -4.79. The second kappa shape index (κ2) is 7.48. The standard InChI is InChI=1S/C18H14ClF3N2O3S/c1-2-27-14-8-9-15(11-5-4-10-23-16(11)14)28(25,26)24-17-12(18(20,21)22)6-3-7-13(17)19/h3-10,24H,2H2,1H3. The number of sulfonamides is 1. The first-order valence-corrected chi connectivity index (χ1v) is 9.90. The van der Waals surface area contributed by atoms with E-state index in [2.05, 4.69) is 4.98 Å². The quantitative estimate of drug-likeness (QED) is 0.611. The molecule has 0 atom stereocenters. The van der Waals surface area contributed by atoms with Crippen LogP contribution in [0.2, 0.25) is 5.02 Å². The zero-order chi connectivity index (χ0) is 20.5. The molecule has 0 aliphatic carbocycles. The molecule has 0 spiro atoms. The van der Waals surface area contributed by atoms with Crippen LogP contribution < -0.4 is 9.46 Å². The van der Waals surface area contributed by atoms with E-state index in [9.17, 15) is 21.6 Å². The van der Waals surface area contributed by atoms with Crippen molar-refractivity contribution in [3.63, 3.8) is 0 Å². The lowest BCUT2D eigenvalue weighted by Crippen LogP contribution is -2.18. The number of hydrogen-bond acceptors (Lipinski definition) is 4. The normalized spacial score (nSPS) is 12.2. The lowest BCUT2D eigenvalue weighted by Gasteiger charge is -2.17. The lowest BCUT2D eigenvalue weighted by molar-refractivity contribution is -0.136. The maximum Gasteiger partial charge on any atom is 0.418 e. The van der Waals surface area contributed by atoms with E-state index in [1.165, 1.54) is 36.5 Å². The van der Waals surface area contributed by atoms with Crippen molar-refractivity contribution in [2.24, 2.45) is 0 Å². The summed E-state index contributed by atoms with van der Waals surface area (Å²) in [5.41, 5.74) is -1.64. The summed E-state index contributed by atoms with van der Waals surface area (Å²) in [6.07, 6.45) is -3.32. The second-order valence-electron chi connectivity index (χ2n) is 5.66. The third-order valence-electron chi connectivity index (χ3n) is 3.84. The van der Waals surface area contributed by atoms with Gasteiger partial charge in [0.25, 0.3) is 10.0 Å². The molecule has 28 heavy (non-hydrogen) atoms. The number of fused-ring (bicyclic) bond motifs is 1. The van der Waals surface area contributed by atoms with E-state index in [1.54, 1.807) is 6.92 Å². The summed E-state index contributed by atoms with van der Waals surface area (Å²) in [4.78, 5) is 3.89. The molecule has 1 N–H and O–H groups in total. The van der Waals surface area contributed by atoms with Crippen molar-refractivity contribution in [1.82, 2.24) is 4.98 Å². The van der Waals surface area contributed by atoms with Gasteiger partial charge in [0.2, 0.25) is 0 Å². The van der Waals surface area contributed by atoms with E-state index < -0.39 is 27.5 Å². The first-order valence-electron chi connectivity index (χ1n) is 8.04. The van der Waals surface area contributed by atoms with Gasteiger partial charge in [-0.1, -0.05) is 17.7 Å². The van der Waals surface area contributed by atoms with Gasteiger partial charge in [-0.05, 0) is 43.3 Å². The first kappa shape index (κ1) is 20.2.